The molecule has 1 N–H and O–H groups in total. The molecular formula is C15H21NO4S. The second-order valence-electron chi connectivity index (χ2n) is 5.59. The molecule has 0 radical (unpaired) electrons. The van der Waals surface area contributed by atoms with E-state index in [-0.39, 0.29) is 6.42 Å². The van der Waals surface area contributed by atoms with Crippen LogP contribution in [-0.2, 0) is 14.8 Å². The van der Waals surface area contributed by atoms with Gasteiger partial charge in [0.1, 0.15) is 0 Å². The van der Waals surface area contributed by atoms with Gasteiger partial charge in [0.05, 0.1) is 4.90 Å². The minimum atomic E-state index is -3.42. The van der Waals surface area contributed by atoms with E-state index in [4.69, 9.17) is 5.11 Å². The molecule has 1 fully saturated rings. The summed E-state index contributed by atoms with van der Waals surface area (Å²) >= 11 is 0. The lowest BCUT2D eigenvalue weighted by Gasteiger charge is -2.31. The predicted octanol–water partition coefficient (Wildman–Crippen LogP) is 2.26. The van der Waals surface area contributed by atoms with Gasteiger partial charge in [0.2, 0.25) is 10.0 Å². The summed E-state index contributed by atoms with van der Waals surface area (Å²) < 4.78 is 26.5. The molecule has 21 heavy (non-hydrogen) atoms. The van der Waals surface area contributed by atoms with Gasteiger partial charge in [0.25, 0.3) is 0 Å². The third-order valence-electron chi connectivity index (χ3n) is 4.00. The molecule has 0 aliphatic carbocycles. The summed E-state index contributed by atoms with van der Waals surface area (Å²) in [4.78, 5) is 10.9. The van der Waals surface area contributed by atoms with Crippen molar-refractivity contribution < 1.29 is 18.3 Å². The Hall–Kier alpha value is -1.40. The summed E-state index contributed by atoms with van der Waals surface area (Å²) in [6, 6.07) is 6.88. The lowest BCUT2D eigenvalue weighted by molar-refractivity contribution is -0.137. The number of hydrogen-bond acceptors (Lipinski definition) is 3. The molecule has 0 atom stereocenters. The topological polar surface area (TPSA) is 74.7 Å². The predicted molar refractivity (Wildman–Crippen MR) is 79.5 cm³/mol. The normalized spacial score (nSPS) is 17.8. The Labute approximate surface area is 125 Å². The monoisotopic (exact) mass is 311 g/mol. The Morgan fingerprint density at radius 3 is 2.33 bits per heavy atom. The van der Waals surface area contributed by atoms with Crippen molar-refractivity contribution in [1.29, 1.82) is 0 Å². The second kappa shape index (κ2) is 6.58. The minimum Gasteiger partial charge on any atom is -0.481 e. The maximum absolute atomic E-state index is 12.5. The van der Waals surface area contributed by atoms with E-state index in [0.717, 1.165) is 18.4 Å². The molecule has 1 heterocycles. The first-order chi connectivity index (χ1) is 9.89. The van der Waals surface area contributed by atoms with E-state index in [1.165, 1.54) is 4.31 Å². The number of piperidine rings is 1. The quantitative estimate of drug-likeness (QED) is 0.905. The van der Waals surface area contributed by atoms with Crippen LogP contribution in [0.2, 0.25) is 0 Å². The number of sulfonamides is 1. The molecule has 1 aromatic rings. The highest BCUT2D eigenvalue weighted by Gasteiger charge is 2.29. The molecule has 1 aliphatic rings. The smallest absolute Gasteiger partial charge is 0.303 e. The highest BCUT2D eigenvalue weighted by molar-refractivity contribution is 7.89. The second-order valence-corrected chi connectivity index (χ2v) is 7.53. The van der Waals surface area contributed by atoms with Gasteiger partial charge in [-0.25, -0.2) is 8.42 Å². The average molecular weight is 311 g/mol. The van der Waals surface area contributed by atoms with Crippen molar-refractivity contribution in [2.24, 2.45) is 5.92 Å². The van der Waals surface area contributed by atoms with Crippen LogP contribution in [0.25, 0.3) is 0 Å². The first kappa shape index (κ1) is 16.0. The van der Waals surface area contributed by atoms with E-state index in [0.29, 0.717) is 30.3 Å². The molecule has 1 aromatic carbocycles. The Balaban J connectivity index is 1.97. The van der Waals surface area contributed by atoms with Gasteiger partial charge >= 0.3 is 5.97 Å². The van der Waals surface area contributed by atoms with Crippen LogP contribution in [0.15, 0.2) is 29.2 Å². The molecule has 1 aliphatic heterocycles. The lowest BCUT2D eigenvalue weighted by Crippen LogP contribution is -2.38. The fourth-order valence-corrected chi connectivity index (χ4v) is 4.09. The van der Waals surface area contributed by atoms with Crippen molar-refractivity contribution in [2.75, 3.05) is 13.1 Å². The summed E-state index contributed by atoms with van der Waals surface area (Å²) in [5.74, 6) is -0.477. The van der Waals surface area contributed by atoms with E-state index in [2.05, 4.69) is 0 Å². The summed E-state index contributed by atoms with van der Waals surface area (Å²) in [5.41, 5.74) is 1.03. The van der Waals surface area contributed by atoms with E-state index in [1.54, 1.807) is 24.3 Å². The highest BCUT2D eigenvalue weighted by atomic mass is 32.2. The van der Waals surface area contributed by atoms with Crippen LogP contribution >= 0.6 is 0 Å². The zero-order valence-corrected chi connectivity index (χ0v) is 13.0. The van der Waals surface area contributed by atoms with E-state index < -0.39 is 16.0 Å². The molecule has 0 bridgehead atoms. The SMILES string of the molecule is Cc1ccc(S(=O)(=O)N2CCC(CCC(=O)O)CC2)cc1. The average Bonchev–Trinajstić information content (AvgIpc) is 2.46. The van der Waals surface area contributed by atoms with Gasteiger partial charge in [-0.2, -0.15) is 4.31 Å². The molecule has 6 heteroatoms. The van der Waals surface area contributed by atoms with Crippen LogP contribution in [-0.4, -0.2) is 36.9 Å². The molecule has 0 saturated carbocycles. The number of aryl methyl sites for hydroxylation is 1. The zero-order valence-electron chi connectivity index (χ0n) is 12.2. The van der Waals surface area contributed by atoms with Gasteiger partial charge in [0.15, 0.2) is 0 Å². The van der Waals surface area contributed by atoms with Crippen LogP contribution in [0.1, 0.15) is 31.2 Å². The van der Waals surface area contributed by atoms with Crippen molar-refractivity contribution in [2.45, 2.75) is 37.5 Å². The largest absolute Gasteiger partial charge is 0.481 e. The van der Waals surface area contributed by atoms with Gasteiger partial charge in [-0.3, -0.25) is 4.79 Å². The summed E-state index contributed by atoms with van der Waals surface area (Å²) in [6.07, 6.45) is 2.26. The number of benzene rings is 1. The van der Waals surface area contributed by atoms with Crippen molar-refractivity contribution in [1.82, 2.24) is 4.31 Å². The third kappa shape index (κ3) is 4.04. The fourth-order valence-electron chi connectivity index (χ4n) is 2.63. The first-order valence-electron chi connectivity index (χ1n) is 7.18. The Bertz CT molecular complexity index is 587. The third-order valence-corrected chi connectivity index (χ3v) is 5.91. The number of aliphatic carboxylic acids is 1. The molecular weight excluding hydrogens is 290 g/mol. The summed E-state index contributed by atoms with van der Waals surface area (Å²) in [6.45, 7) is 2.87. The Morgan fingerprint density at radius 1 is 1.24 bits per heavy atom. The minimum absolute atomic E-state index is 0.162. The van der Waals surface area contributed by atoms with Gasteiger partial charge < -0.3 is 5.11 Å². The number of carbonyl (C=O) groups is 1. The van der Waals surface area contributed by atoms with Gasteiger partial charge in [0, 0.05) is 19.5 Å². The van der Waals surface area contributed by atoms with E-state index >= 15 is 0 Å². The molecule has 0 unspecified atom stereocenters. The van der Waals surface area contributed by atoms with Crippen molar-refractivity contribution >= 4 is 16.0 Å². The highest BCUT2D eigenvalue weighted by Crippen LogP contribution is 2.26. The van der Waals surface area contributed by atoms with Crippen LogP contribution in [0, 0.1) is 12.8 Å². The number of nitrogens with zero attached hydrogens (tertiary/aromatic N) is 1. The molecule has 2 rings (SSSR count). The van der Waals surface area contributed by atoms with E-state index in [1.807, 2.05) is 6.92 Å². The maximum Gasteiger partial charge on any atom is 0.303 e. The number of rotatable bonds is 5. The Kier molecular flexibility index (Phi) is 5.00. The van der Waals surface area contributed by atoms with Crippen LogP contribution in [0.5, 0.6) is 0 Å². The molecule has 5 nitrogen and oxygen atoms in total. The maximum atomic E-state index is 12.5. The van der Waals surface area contributed by atoms with Crippen molar-refractivity contribution in [3.63, 3.8) is 0 Å². The lowest BCUT2D eigenvalue weighted by atomic mass is 9.93. The van der Waals surface area contributed by atoms with Crippen LogP contribution < -0.4 is 0 Å². The number of carboxylic acid groups (broad SMARTS) is 1. The summed E-state index contributed by atoms with van der Waals surface area (Å²) in [7, 11) is -3.42. The van der Waals surface area contributed by atoms with Crippen LogP contribution in [0.3, 0.4) is 0 Å². The van der Waals surface area contributed by atoms with E-state index in [9.17, 15) is 13.2 Å². The van der Waals surface area contributed by atoms with Crippen LogP contribution in [0.4, 0.5) is 0 Å². The molecule has 0 amide bonds. The number of carboxylic acids is 1. The fraction of sp³-hybridized carbons (Fsp3) is 0.533. The molecule has 116 valence electrons. The standard InChI is InChI=1S/C15H21NO4S/c1-12-2-5-14(6-3-12)21(19,20)16-10-8-13(9-11-16)4-7-15(17)18/h2-3,5-6,13H,4,7-11H2,1H3,(H,17,18). The van der Waals surface area contributed by atoms with Gasteiger partial charge in [-0.15, -0.1) is 0 Å². The summed E-state index contributed by atoms with van der Waals surface area (Å²) in [5, 5.41) is 8.69. The van der Waals surface area contributed by atoms with Gasteiger partial charge in [-0.1, -0.05) is 17.7 Å². The van der Waals surface area contributed by atoms with Crippen molar-refractivity contribution in [3.8, 4) is 0 Å². The number of hydrogen-bond donors (Lipinski definition) is 1. The van der Waals surface area contributed by atoms with Gasteiger partial charge in [-0.05, 0) is 44.2 Å². The molecule has 0 spiro atoms. The first-order valence-corrected chi connectivity index (χ1v) is 8.62. The molecule has 0 aromatic heterocycles. The zero-order chi connectivity index (χ0) is 15.5. The molecule has 1 saturated heterocycles. The Morgan fingerprint density at radius 2 is 1.81 bits per heavy atom. The van der Waals surface area contributed by atoms with Crippen molar-refractivity contribution in [3.05, 3.63) is 29.8 Å².